The molecule has 0 saturated carbocycles. The number of benzene rings is 1. The number of carbonyl (C=O) groups excluding carboxylic acids is 1. The normalized spacial score (nSPS) is 21.1. The first-order chi connectivity index (χ1) is 12.9. The zero-order valence-electron chi connectivity index (χ0n) is 14.5. The molecule has 146 valence electrons. The lowest BCUT2D eigenvalue weighted by Crippen LogP contribution is -2.35. The lowest BCUT2D eigenvalue weighted by molar-refractivity contribution is -0.137. The lowest BCUT2D eigenvalue weighted by atomic mass is 10.1. The van der Waals surface area contributed by atoms with E-state index in [1.165, 1.54) is 6.07 Å². The summed E-state index contributed by atoms with van der Waals surface area (Å²) in [6.07, 6.45) is -3.90. The first-order valence-corrected chi connectivity index (χ1v) is 8.80. The third-order valence-corrected chi connectivity index (χ3v) is 4.78. The molecule has 1 aromatic carbocycles. The molecule has 0 radical (unpaired) electrons. The van der Waals surface area contributed by atoms with Crippen LogP contribution in [-0.2, 0) is 15.7 Å². The first-order valence-electron chi connectivity index (χ1n) is 8.80. The number of carbonyl (C=O) groups is 1. The summed E-state index contributed by atoms with van der Waals surface area (Å²) in [5.41, 5.74) is -0.109. The van der Waals surface area contributed by atoms with Gasteiger partial charge in [-0.15, -0.1) is 0 Å². The standard InChI is InChI=1S/C18H19F3N2O4/c19-18(20,21)11-1-2-14-13(9-11)15-16(27-14)17(24)22-4-6-23(15)5-3-12-10-25-7-8-26-12/h1-2,9,12H,3-8,10H2,(H,22,24). The molecule has 1 saturated heterocycles. The van der Waals surface area contributed by atoms with E-state index in [1.54, 1.807) is 0 Å². The van der Waals surface area contributed by atoms with E-state index in [1.807, 2.05) is 4.90 Å². The molecule has 1 fully saturated rings. The van der Waals surface area contributed by atoms with E-state index < -0.39 is 17.6 Å². The van der Waals surface area contributed by atoms with Crippen molar-refractivity contribution < 1.29 is 31.9 Å². The second-order valence-corrected chi connectivity index (χ2v) is 6.59. The average molecular weight is 384 g/mol. The van der Waals surface area contributed by atoms with Gasteiger partial charge in [0.05, 0.1) is 37.2 Å². The Morgan fingerprint density at radius 1 is 1.26 bits per heavy atom. The molecule has 0 spiro atoms. The number of anilines is 1. The minimum Gasteiger partial charge on any atom is -0.449 e. The van der Waals surface area contributed by atoms with E-state index in [9.17, 15) is 18.0 Å². The second kappa shape index (κ2) is 7.05. The van der Waals surface area contributed by atoms with Crippen LogP contribution in [0.2, 0.25) is 0 Å². The van der Waals surface area contributed by atoms with Gasteiger partial charge in [-0.2, -0.15) is 13.2 Å². The molecular formula is C18H19F3N2O4. The predicted octanol–water partition coefficient (Wildman–Crippen LogP) is 2.81. The minimum absolute atomic E-state index is 0.0441. The predicted molar refractivity (Wildman–Crippen MR) is 90.9 cm³/mol. The molecule has 4 rings (SSSR count). The van der Waals surface area contributed by atoms with Crippen molar-refractivity contribution in [2.45, 2.75) is 18.7 Å². The van der Waals surface area contributed by atoms with E-state index >= 15 is 0 Å². The van der Waals surface area contributed by atoms with E-state index in [0.29, 0.717) is 51.6 Å². The Bertz CT molecular complexity index is 843. The van der Waals surface area contributed by atoms with Crippen molar-refractivity contribution in [3.8, 4) is 0 Å². The number of alkyl halides is 3. The van der Waals surface area contributed by atoms with Crippen LogP contribution in [0.15, 0.2) is 22.6 Å². The second-order valence-electron chi connectivity index (χ2n) is 6.59. The monoisotopic (exact) mass is 384 g/mol. The van der Waals surface area contributed by atoms with E-state index in [2.05, 4.69) is 5.32 Å². The van der Waals surface area contributed by atoms with Crippen LogP contribution in [0.5, 0.6) is 0 Å². The molecule has 1 aromatic heterocycles. The fourth-order valence-corrected chi connectivity index (χ4v) is 3.45. The van der Waals surface area contributed by atoms with Crippen LogP contribution in [0.25, 0.3) is 11.0 Å². The highest BCUT2D eigenvalue weighted by atomic mass is 19.4. The summed E-state index contributed by atoms with van der Waals surface area (Å²) in [6, 6.07) is 3.26. The van der Waals surface area contributed by atoms with Gasteiger partial charge in [-0.1, -0.05) is 0 Å². The van der Waals surface area contributed by atoms with Gasteiger partial charge in [0.25, 0.3) is 5.91 Å². The molecule has 1 unspecified atom stereocenters. The molecule has 1 atom stereocenters. The Balaban J connectivity index is 1.70. The number of halogens is 3. The third kappa shape index (κ3) is 3.61. The number of hydrogen-bond acceptors (Lipinski definition) is 5. The summed E-state index contributed by atoms with van der Waals surface area (Å²) in [5.74, 6) is -0.378. The number of rotatable bonds is 3. The van der Waals surface area contributed by atoms with Crippen LogP contribution in [0.3, 0.4) is 0 Å². The molecule has 0 aliphatic carbocycles. The summed E-state index contributed by atoms with van der Waals surface area (Å²) in [4.78, 5) is 14.2. The van der Waals surface area contributed by atoms with Crippen LogP contribution in [0, 0.1) is 0 Å². The Morgan fingerprint density at radius 3 is 2.85 bits per heavy atom. The summed E-state index contributed by atoms with van der Waals surface area (Å²) in [6.45, 7) is 2.95. The maximum absolute atomic E-state index is 13.1. The van der Waals surface area contributed by atoms with E-state index in [4.69, 9.17) is 13.9 Å². The molecule has 3 heterocycles. The Hall–Kier alpha value is -2.26. The van der Waals surface area contributed by atoms with E-state index in [0.717, 1.165) is 12.1 Å². The van der Waals surface area contributed by atoms with Crippen LogP contribution in [0.4, 0.5) is 18.9 Å². The van der Waals surface area contributed by atoms with Gasteiger partial charge in [-0.05, 0) is 24.6 Å². The van der Waals surface area contributed by atoms with Crippen LogP contribution < -0.4 is 10.2 Å². The van der Waals surface area contributed by atoms with Crippen molar-refractivity contribution in [2.24, 2.45) is 0 Å². The SMILES string of the molecule is O=C1NCCN(CCC2COCCO2)c2c1oc1ccc(C(F)(F)F)cc21. The van der Waals surface area contributed by atoms with Crippen molar-refractivity contribution in [1.82, 2.24) is 5.32 Å². The molecule has 1 N–H and O–H groups in total. The highest BCUT2D eigenvalue weighted by Gasteiger charge is 2.33. The van der Waals surface area contributed by atoms with Crippen LogP contribution in [0.1, 0.15) is 22.5 Å². The average Bonchev–Trinajstić information content (AvgIpc) is 2.96. The molecule has 0 bridgehead atoms. The van der Waals surface area contributed by atoms with Gasteiger partial charge in [0.2, 0.25) is 5.76 Å². The van der Waals surface area contributed by atoms with Gasteiger partial charge in [0.15, 0.2) is 0 Å². The van der Waals surface area contributed by atoms with Crippen molar-refractivity contribution in [1.29, 1.82) is 0 Å². The van der Waals surface area contributed by atoms with E-state index in [-0.39, 0.29) is 22.8 Å². The van der Waals surface area contributed by atoms with Crippen molar-refractivity contribution >= 4 is 22.6 Å². The summed E-state index contributed by atoms with van der Waals surface area (Å²) >= 11 is 0. The molecule has 2 aliphatic rings. The molecule has 1 amide bonds. The largest absolute Gasteiger partial charge is 0.449 e. The van der Waals surface area contributed by atoms with Crippen LogP contribution in [-0.4, -0.2) is 51.5 Å². The quantitative estimate of drug-likeness (QED) is 0.882. The summed E-state index contributed by atoms with van der Waals surface area (Å²) in [7, 11) is 0. The topological polar surface area (TPSA) is 63.9 Å². The van der Waals surface area contributed by atoms with Gasteiger partial charge >= 0.3 is 6.18 Å². The van der Waals surface area contributed by atoms with Crippen molar-refractivity contribution in [2.75, 3.05) is 44.4 Å². The highest BCUT2D eigenvalue weighted by Crippen LogP contribution is 2.39. The number of hydrogen-bond donors (Lipinski definition) is 1. The Kier molecular flexibility index (Phi) is 4.73. The van der Waals surface area contributed by atoms with Gasteiger partial charge in [-0.3, -0.25) is 4.79 Å². The number of amides is 1. The first kappa shape index (κ1) is 18.1. The van der Waals surface area contributed by atoms with Gasteiger partial charge < -0.3 is 24.1 Å². The van der Waals surface area contributed by atoms with Crippen LogP contribution >= 0.6 is 0 Å². The van der Waals surface area contributed by atoms with Crippen molar-refractivity contribution in [3.63, 3.8) is 0 Å². The zero-order valence-corrected chi connectivity index (χ0v) is 14.5. The maximum atomic E-state index is 13.1. The molecular weight excluding hydrogens is 365 g/mol. The zero-order chi connectivity index (χ0) is 19.0. The fraction of sp³-hybridized carbons (Fsp3) is 0.500. The Morgan fingerprint density at radius 2 is 2.11 bits per heavy atom. The lowest BCUT2D eigenvalue weighted by Gasteiger charge is -2.27. The van der Waals surface area contributed by atoms with Gasteiger partial charge in [0, 0.05) is 25.0 Å². The number of ether oxygens (including phenoxy) is 2. The van der Waals surface area contributed by atoms with Gasteiger partial charge in [-0.25, -0.2) is 0 Å². The smallest absolute Gasteiger partial charge is 0.416 e. The third-order valence-electron chi connectivity index (χ3n) is 4.78. The fourth-order valence-electron chi connectivity index (χ4n) is 3.45. The molecule has 27 heavy (non-hydrogen) atoms. The molecule has 9 heteroatoms. The number of furan rings is 1. The molecule has 2 aromatic rings. The molecule has 6 nitrogen and oxygen atoms in total. The minimum atomic E-state index is -4.47. The van der Waals surface area contributed by atoms with Gasteiger partial charge in [0.1, 0.15) is 5.58 Å². The Labute approximate surface area is 153 Å². The number of nitrogens with one attached hydrogen (secondary N) is 1. The molecule has 2 aliphatic heterocycles. The summed E-state index contributed by atoms with van der Waals surface area (Å²) < 4.78 is 56.1. The maximum Gasteiger partial charge on any atom is 0.416 e. The number of fused-ring (bicyclic) bond motifs is 3. The summed E-state index contributed by atoms with van der Waals surface area (Å²) in [5, 5.41) is 3.01. The van der Waals surface area contributed by atoms with Crippen molar-refractivity contribution in [3.05, 3.63) is 29.5 Å². The number of nitrogens with zero attached hydrogens (tertiary/aromatic N) is 1. The highest BCUT2D eigenvalue weighted by molar-refractivity contribution is 6.07.